The average Bonchev–Trinajstić information content (AvgIpc) is 2.73. The van der Waals surface area contributed by atoms with Crippen LogP contribution in [0.1, 0.15) is 17.0 Å². The summed E-state index contributed by atoms with van der Waals surface area (Å²) in [4.78, 5) is -0.789. The fraction of sp³-hybridized carbons (Fsp3) is 0.250. The molecule has 0 aliphatic heterocycles. The van der Waals surface area contributed by atoms with Gasteiger partial charge in [-0.15, -0.1) is 0 Å². The van der Waals surface area contributed by atoms with Crippen molar-refractivity contribution in [2.75, 3.05) is 4.72 Å². The number of halogens is 2. The maximum absolute atomic E-state index is 13.8. The first-order chi connectivity index (χ1) is 9.76. The van der Waals surface area contributed by atoms with Crippen LogP contribution in [0.4, 0.5) is 14.5 Å². The van der Waals surface area contributed by atoms with Crippen LogP contribution in [0.5, 0.6) is 0 Å². The third kappa shape index (κ3) is 2.88. The van der Waals surface area contributed by atoms with Gasteiger partial charge in [0.2, 0.25) is 0 Å². The highest BCUT2D eigenvalue weighted by Crippen LogP contribution is 2.25. The molecular weight excluding hydrogens is 302 g/mol. The highest BCUT2D eigenvalue weighted by Gasteiger charge is 2.24. The normalized spacial score (nSPS) is 11.7. The van der Waals surface area contributed by atoms with Crippen LogP contribution >= 0.6 is 0 Å². The lowest BCUT2D eigenvalue weighted by molar-refractivity contribution is 0.483. The molecule has 2 rings (SSSR count). The van der Waals surface area contributed by atoms with Crippen molar-refractivity contribution >= 4 is 15.7 Å². The van der Waals surface area contributed by atoms with Crippen molar-refractivity contribution in [3.63, 3.8) is 0 Å². The largest absolute Gasteiger partial charge is 0.326 e. The molecule has 0 spiro atoms. The molecule has 0 aliphatic rings. The molecule has 1 heterocycles. The van der Waals surface area contributed by atoms with Gasteiger partial charge in [-0.05, 0) is 31.5 Å². The quantitative estimate of drug-likeness (QED) is 0.797. The van der Waals surface area contributed by atoms with E-state index in [1.165, 1.54) is 0 Å². The average molecular weight is 316 g/mol. The lowest BCUT2D eigenvalue weighted by Gasteiger charge is -2.11. The molecule has 0 fully saturated rings. The summed E-state index contributed by atoms with van der Waals surface area (Å²) in [6.07, 6.45) is 0. The predicted molar refractivity (Wildman–Crippen MR) is 73.1 cm³/mol. The number of aryl methyl sites for hydroxylation is 2. The van der Waals surface area contributed by atoms with Crippen molar-refractivity contribution in [2.24, 2.45) is 5.73 Å². The summed E-state index contributed by atoms with van der Waals surface area (Å²) in [7, 11) is -4.29. The van der Waals surface area contributed by atoms with Gasteiger partial charge < -0.3 is 5.73 Å². The summed E-state index contributed by atoms with van der Waals surface area (Å²) in [5.41, 5.74) is 6.58. The zero-order valence-electron chi connectivity index (χ0n) is 11.4. The van der Waals surface area contributed by atoms with Gasteiger partial charge in [0.1, 0.15) is 4.90 Å². The summed E-state index contributed by atoms with van der Waals surface area (Å²) < 4.78 is 53.9. The molecule has 21 heavy (non-hydrogen) atoms. The molecule has 0 saturated carbocycles. The van der Waals surface area contributed by atoms with Crippen LogP contribution < -0.4 is 10.5 Å². The number of nitrogens with zero attached hydrogens (tertiary/aromatic N) is 1. The summed E-state index contributed by atoms with van der Waals surface area (Å²) in [6, 6.07) is 1.87. The summed E-state index contributed by atoms with van der Waals surface area (Å²) >= 11 is 0. The molecule has 9 heteroatoms. The molecule has 0 saturated heterocycles. The van der Waals surface area contributed by atoms with E-state index >= 15 is 0 Å². The van der Waals surface area contributed by atoms with E-state index in [2.05, 4.69) is 14.9 Å². The Balaban J connectivity index is 2.52. The Morgan fingerprint density at radius 3 is 2.52 bits per heavy atom. The van der Waals surface area contributed by atoms with E-state index in [-0.39, 0.29) is 17.8 Å². The predicted octanol–water partition coefficient (Wildman–Crippen LogP) is 1.56. The molecule has 0 aliphatic carbocycles. The number of hydrogen-bond acceptors (Lipinski definition) is 4. The third-order valence-corrected chi connectivity index (χ3v) is 4.29. The van der Waals surface area contributed by atoms with Gasteiger partial charge in [0.05, 0.1) is 17.1 Å². The number of rotatable bonds is 4. The first-order valence-corrected chi connectivity index (χ1v) is 7.47. The molecule has 0 atom stereocenters. The van der Waals surface area contributed by atoms with E-state index in [1.54, 1.807) is 13.8 Å². The second kappa shape index (κ2) is 5.41. The van der Waals surface area contributed by atoms with Crippen molar-refractivity contribution in [1.82, 2.24) is 10.2 Å². The highest BCUT2D eigenvalue weighted by atomic mass is 32.2. The number of sulfonamides is 1. The van der Waals surface area contributed by atoms with Crippen molar-refractivity contribution < 1.29 is 17.2 Å². The van der Waals surface area contributed by atoms with Crippen LogP contribution in [0.2, 0.25) is 0 Å². The van der Waals surface area contributed by atoms with Gasteiger partial charge in [-0.2, -0.15) is 5.10 Å². The number of anilines is 1. The number of H-pyrrole nitrogens is 1. The zero-order chi connectivity index (χ0) is 15.8. The first kappa shape index (κ1) is 15.4. The SMILES string of the molecule is Cc1n[nH]c(C)c1NS(=O)(=O)c1cc(CN)cc(F)c1F. The van der Waals surface area contributed by atoms with Crippen molar-refractivity contribution in [3.8, 4) is 0 Å². The van der Waals surface area contributed by atoms with E-state index in [4.69, 9.17) is 5.73 Å². The Labute approximate surface area is 120 Å². The van der Waals surface area contributed by atoms with Crippen LogP contribution in [-0.2, 0) is 16.6 Å². The maximum Gasteiger partial charge on any atom is 0.265 e. The van der Waals surface area contributed by atoms with E-state index in [1.807, 2.05) is 0 Å². The summed E-state index contributed by atoms with van der Waals surface area (Å²) in [5, 5.41) is 6.42. The van der Waals surface area contributed by atoms with Gasteiger partial charge in [-0.25, -0.2) is 17.2 Å². The third-order valence-electron chi connectivity index (χ3n) is 2.94. The summed E-state index contributed by atoms with van der Waals surface area (Å²) in [6.45, 7) is 3.07. The minimum atomic E-state index is -4.29. The fourth-order valence-electron chi connectivity index (χ4n) is 1.82. The number of aromatic nitrogens is 2. The fourth-order valence-corrected chi connectivity index (χ4v) is 3.14. The van der Waals surface area contributed by atoms with Gasteiger partial charge in [-0.3, -0.25) is 9.82 Å². The molecule has 114 valence electrons. The standard InChI is InChI=1S/C12H14F2N4O2S/c1-6-12(7(2)17-16-6)18-21(19,20)10-4-8(5-15)3-9(13)11(10)14/h3-4,18H,5,15H2,1-2H3,(H,16,17). The molecule has 2 aromatic rings. The van der Waals surface area contributed by atoms with Crippen molar-refractivity contribution in [1.29, 1.82) is 0 Å². The molecule has 4 N–H and O–H groups in total. The minimum Gasteiger partial charge on any atom is -0.326 e. The highest BCUT2D eigenvalue weighted by molar-refractivity contribution is 7.92. The van der Waals surface area contributed by atoms with Crippen molar-refractivity contribution in [3.05, 3.63) is 40.7 Å². The van der Waals surface area contributed by atoms with E-state index < -0.39 is 26.6 Å². The topological polar surface area (TPSA) is 101 Å². The Morgan fingerprint density at radius 2 is 2.00 bits per heavy atom. The molecule has 0 unspecified atom stereocenters. The first-order valence-electron chi connectivity index (χ1n) is 5.98. The molecule has 0 bridgehead atoms. The van der Waals surface area contributed by atoms with Crippen LogP contribution in [0.25, 0.3) is 0 Å². The smallest absolute Gasteiger partial charge is 0.265 e. The molecule has 1 aromatic carbocycles. The Morgan fingerprint density at radius 1 is 1.33 bits per heavy atom. The molecule has 0 amide bonds. The van der Waals surface area contributed by atoms with Crippen LogP contribution in [0.3, 0.4) is 0 Å². The van der Waals surface area contributed by atoms with E-state index in [9.17, 15) is 17.2 Å². The number of nitrogens with one attached hydrogen (secondary N) is 2. The number of benzene rings is 1. The second-order valence-electron chi connectivity index (χ2n) is 4.51. The van der Waals surface area contributed by atoms with E-state index in [0.717, 1.165) is 12.1 Å². The number of hydrogen-bond donors (Lipinski definition) is 3. The van der Waals surface area contributed by atoms with Crippen molar-refractivity contribution in [2.45, 2.75) is 25.3 Å². The van der Waals surface area contributed by atoms with E-state index in [0.29, 0.717) is 11.4 Å². The molecule has 1 aromatic heterocycles. The minimum absolute atomic E-state index is 0.108. The summed E-state index contributed by atoms with van der Waals surface area (Å²) in [5.74, 6) is -2.71. The van der Waals surface area contributed by atoms with Crippen LogP contribution in [0, 0.1) is 25.5 Å². The lowest BCUT2D eigenvalue weighted by atomic mass is 10.2. The lowest BCUT2D eigenvalue weighted by Crippen LogP contribution is -2.17. The van der Waals surface area contributed by atoms with Gasteiger partial charge >= 0.3 is 0 Å². The zero-order valence-corrected chi connectivity index (χ0v) is 12.2. The second-order valence-corrected chi connectivity index (χ2v) is 6.16. The van der Waals surface area contributed by atoms with Crippen LogP contribution in [0.15, 0.2) is 17.0 Å². The Bertz CT molecular complexity index is 767. The van der Waals surface area contributed by atoms with Gasteiger partial charge in [0.25, 0.3) is 10.0 Å². The monoisotopic (exact) mass is 316 g/mol. The van der Waals surface area contributed by atoms with Crippen LogP contribution in [-0.4, -0.2) is 18.6 Å². The van der Waals surface area contributed by atoms with Gasteiger partial charge in [0.15, 0.2) is 11.6 Å². The molecule has 0 radical (unpaired) electrons. The maximum atomic E-state index is 13.8. The molecule has 6 nitrogen and oxygen atoms in total. The molecular formula is C12H14F2N4O2S. The number of aromatic amines is 1. The Kier molecular flexibility index (Phi) is 3.97. The Hall–Kier alpha value is -2.00. The number of nitrogens with two attached hydrogens (primary N) is 1. The van der Waals surface area contributed by atoms with Gasteiger partial charge in [-0.1, -0.05) is 0 Å². The van der Waals surface area contributed by atoms with Gasteiger partial charge in [0, 0.05) is 6.54 Å².